The van der Waals surface area contributed by atoms with Crippen LogP contribution >= 0.6 is 0 Å². The van der Waals surface area contributed by atoms with Crippen LogP contribution in [0.2, 0.25) is 0 Å². The van der Waals surface area contributed by atoms with Crippen molar-refractivity contribution in [2.75, 3.05) is 0 Å². The largest absolute Gasteiger partial charge is 0.377 e. The van der Waals surface area contributed by atoms with Crippen molar-refractivity contribution in [3.63, 3.8) is 0 Å². The molecule has 4 aliphatic carbocycles. The molecule has 0 aliphatic heterocycles. The molecule has 0 saturated heterocycles. The Kier molecular flexibility index (Phi) is 3.36. The van der Waals surface area contributed by atoms with Crippen molar-refractivity contribution >= 4 is 5.78 Å². The summed E-state index contributed by atoms with van der Waals surface area (Å²) in [5.41, 5.74) is 3.56. The Balaban J connectivity index is 1.74. The minimum Gasteiger partial charge on any atom is -0.377 e. The van der Waals surface area contributed by atoms with E-state index in [2.05, 4.69) is 18.8 Å². The third-order valence-corrected chi connectivity index (χ3v) is 7.22. The quantitative estimate of drug-likeness (QED) is 0.688. The average Bonchev–Trinajstić information content (AvgIpc) is 2.79. The fourth-order valence-electron chi connectivity index (χ4n) is 5.96. The maximum Gasteiger partial charge on any atom is 0.156 e. The number of carbonyl (C=O) groups excluding carboxylic acids is 1. The van der Waals surface area contributed by atoms with E-state index in [-0.39, 0.29) is 5.41 Å². The second-order valence-electron chi connectivity index (χ2n) is 8.08. The molecule has 0 radical (unpaired) electrons. The van der Waals surface area contributed by atoms with Crippen molar-refractivity contribution in [2.24, 2.45) is 17.3 Å². The van der Waals surface area contributed by atoms with Gasteiger partial charge < -0.3 is 5.11 Å². The molecule has 1 N–H and O–H groups in total. The van der Waals surface area contributed by atoms with Crippen LogP contribution < -0.4 is 0 Å². The summed E-state index contributed by atoms with van der Waals surface area (Å²) in [7, 11) is 0. The van der Waals surface area contributed by atoms with E-state index in [1.807, 2.05) is 13.0 Å². The van der Waals surface area contributed by atoms with Crippen LogP contribution in [0.3, 0.4) is 0 Å². The first-order valence-electron chi connectivity index (χ1n) is 9.10. The van der Waals surface area contributed by atoms with Gasteiger partial charge in [-0.05, 0) is 80.9 Å². The average molecular weight is 310 g/mol. The first-order chi connectivity index (χ1) is 11.0. The molecule has 2 fully saturated rings. The van der Waals surface area contributed by atoms with Crippen LogP contribution in [0.4, 0.5) is 0 Å². The van der Waals surface area contributed by atoms with Gasteiger partial charge in [0.2, 0.25) is 0 Å². The van der Waals surface area contributed by atoms with Gasteiger partial charge >= 0.3 is 0 Å². The minimum atomic E-state index is -0.804. The highest BCUT2D eigenvalue weighted by atomic mass is 16.3. The molecule has 0 amide bonds. The number of carbonyl (C=O) groups is 1. The monoisotopic (exact) mass is 310 g/mol. The third kappa shape index (κ3) is 2.02. The first kappa shape index (κ1) is 15.2. The molecule has 4 aliphatic rings. The van der Waals surface area contributed by atoms with Gasteiger partial charge in [-0.15, -0.1) is 5.92 Å². The van der Waals surface area contributed by atoms with Crippen molar-refractivity contribution < 1.29 is 9.90 Å². The Bertz CT molecular complexity index is 686. The lowest BCUT2D eigenvalue weighted by molar-refractivity contribution is -0.114. The molecule has 4 atom stereocenters. The van der Waals surface area contributed by atoms with Crippen molar-refractivity contribution in [3.05, 3.63) is 22.8 Å². The van der Waals surface area contributed by atoms with Crippen LogP contribution in [0.5, 0.6) is 0 Å². The number of hydrogen-bond donors (Lipinski definition) is 1. The van der Waals surface area contributed by atoms with E-state index in [0.29, 0.717) is 24.0 Å². The maximum atomic E-state index is 11.7. The number of fused-ring (bicyclic) bond motifs is 4. The summed E-state index contributed by atoms with van der Waals surface area (Å²) in [5.74, 6) is 7.57. The van der Waals surface area contributed by atoms with Crippen LogP contribution in [0.25, 0.3) is 0 Å². The maximum absolute atomic E-state index is 11.7. The molecule has 0 aromatic carbocycles. The fraction of sp³-hybridized carbons (Fsp3) is 0.667. The molecule has 0 heterocycles. The van der Waals surface area contributed by atoms with Gasteiger partial charge in [-0.3, -0.25) is 4.79 Å². The van der Waals surface area contributed by atoms with Crippen LogP contribution in [0.15, 0.2) is 22.8 Å². The predicted octanol–water partition coefficient (Wildman–Crippen LogP) is 3.95. The Labute approximate surface area is 139 Å². The summed E-state index contributed by atoms with van der Waals surface area (Å²) in [5, 5.41) is 11.2. The van der Waals surface area contributed by atoms with Gasteiger partial charge in [0.05, 0.1) is 0 Å². The second kappa shape index (κ2) is 5.08. The van der Waals surface area contributed by atoms with Gasteiger partial charge in [-0.25, -0.2) is 0 Å². The standard InChI is InChI=1S/C21H26O2/c1-3-10-21(23)12-9-19-18-6-4-14-13-15(22)5-7-16(14)17(18)8-11-20(19,21)2/h13,18-19,23H,4-9,11-12H2,1-2H3/t18-,19+,20+,21+/m1/s1. The molecule has 0 aromatic rings. The van der Waals surface area contributed by atoms with E-state index in [9.17, 15) is 9.90 Å². The van der Waals surface area contributed by atoms with E-state index in [1.165, 1.54) is 11.1 Å². The van der Waals surface area contributed by atoms with Crippen LogP contribution in [-0.2, 0) is 4.79 Å². The summed E-state index contributed by atoms with van der Waals surface area (Å²) in [6.07, 6.45) is 9.72. The molecule has 2 saturated carbocycles. The number of allylic oxidation sites excluding steroid dienone is 4. The second-order valence-corrected chi connectivity index (χ2v) is 8.08. The Hall–Kier alpha value is -1.33. The molecular weight excluding hydrogens is 284 g/mol. The zero-order chi connectivity index (χ0) is 16.2. The molecular formula is C21H26O2. The van der Waals surface area contributed by atoms with E-state index >= 15 is 0 Å². The summed E-state index contributed by atoms with van der Waals surface area (Å²) in [4.78, 5) is 11.7. The van der Waals surface area contributed by atoms with Gasteiger partial charge in [0.15, 0.2) is 5.78 Å². The zero-order valence-electron chi connectivity index (χ0n) is 14.2. The number of hydrogen-bond acceptors (Lipinski definition) is 2. The predicted molar refractivity (Wildman–Crippen MR) is 90.5 cm³/mol. The zero-order valence-corrected chi connectivity index (χ0v) is 14.2. The highest BCUT2D eigenvalue weighted by Gasteiger charge is 2.60. The molecule has 23 heavy (non-hydrogen) atoms. The smallest absolute Gasteiger partial charge is 0.156 e. The summed E-state index contributed by atoms with van der Waals surface area (Å²) in [6, 6.07) is 0. The van der Waals surface area contributed by atoms with E-state index in [0.717, 1.165) is 44.9 Å². The van der Waals surface area contributed by atoms with Gasteiger partial charge in [-0.1, -0.05) is 18.4 Å². The van der Waals surface area contributed by atoms with Crippen LogP contribution in [0, 0.1) is 29.1 Å². The van der Waals surface area contributed by atoms with Crippen molar-refractivity contribution in [2.45, 2.75) is 70.8 Å². The molecule has 2 nitrogen and oxygen atoms in total. The molecule has 0 spiro atoms. The van der Waals surface area contributed by atoms with Crippen LogP contribution in [-0.4, -0.2) is 16.5 Å². The molecule has 4 rings (SSSR count). The molecule has 0 aromatic heterocycles. The summed E-state index contributed by atoms with van der Waals surface area (Å²) < 4.78 is 0. The number of aliphatic hydroxyl groups is 1. The lowest BCUT2D eigenvalue weighted by Gasteiger charge is -2.50. The molecule has 0 unspecified atom stereocenters. The topological polar surface area (TPSA) is 37.3 Å². The van der Waals surface area contributed by atoms with Crippen LogP contribution in [0.1, 0.15) is 65.2 Å². The lowest BCUT2D eigenvalue weighted by Crippen LogP contribution is -2.49. The molecule has 122 valence electrons. The van der Waals surface area contributed by atoms with E-state index < -0.39 is 5.60 Å². The first-order valence-corrected chi connectivity index (χ1v) is 9.10. The van der Waals surface area contributed by atoms with Crippen molar-refractivity contribution in [1.82, 2.24) is 0 Å². The fourth-order valence-corrected chi connectivity index (χ4v) is 5.96. The number of ketones is 1. The van der Waals surface area contributed by atoms with E-state index in [4.69, 9.17) is 0 Å². The summed E-state index contributed by atoms with van der Waals surface area (Å²) in [6.45, 7) is 4.10. The SMILES string of the molecule is CC#C[C@]1(O)CC[C@H]2[C@@H]3CCC4=CC(=O)CCC4=C3CC[C@@]21C. The minimum absolute atomic E-state index is 0.0730. The van der Waals surface area contributed by atoms with Gasteiger partial charge in [0.25, 0.3) is 0 Å². The van der Waals surface area contributed by atoms with Gasteiger partial charge in [-0.2, -0.15) is 0 Å². The highest BCUT2D eigenvalue weighted by Crippen LogP contribution is 2.63. The molecule has 2 heteroatoms. The summed E-state index contributed by atoms with van der Waals surface area (Å²) >= 11 is 0. The van der Waals surface area contributed by atoms with Gasteiger partial charge in [0.1, 0.15) is 5.60 Å². The number of rotatable bonds is 0. The Morgan fingerprint density at radius 1 is 1.17 bits per heavy atom. The van der Waals surface area contributed by atoms with Crippen molar-refractivity contribution in [3.8, 4) is 11.8 Å². The van der Waals surface area contributed by atoms with Crippen molar-refractivity contribution in [1.29, 1.82) is 0 Å². The van der Waals surface area contributed by atoms with E-state index in [1.54, 1.807) is 5.57 Å². The molecule has 0 bridgehead atoms. The normalized spacial score (nSPS) is 42.2. The van der Waals surface area contributed by atoms with Gasteiger partial charge in [0, 0.05) is 11.8 Å². The Morgan fingerprint density at radius 2 is 2.00 bits per heavy atom. The third-order valence-electron chi connectivity index (χ3n) is 7.22. The highest BCUT2D eigenvalue weighted by molar-refractivity contribution is 5.93. The lowest BCUT2D eigenvalue weighted by atomic mass is 9.55. The Morgan fingerprint density at radius 3 is 2.78 bits per heavy atom.